The Balaban J connectivity index is 1.77. The predicted molar refractivity (Wildman–Crippen MR) is 84.4 cm³/mol. The Morgan fingerprint density at radius 2 is 1.64 bits per heavy atom. The van der Waals surface area contributed by atoms with Gasteiger partial charge in [0.05, 0.1) is 12.3 Å². The van der Waals surface area contributed by atoms with E-state index in [4.69, 9.17) is 0 Å². The van der Waals surface area contributed by atoms with Gasteiger partial charge in [0.15, 0.2) is 0 Å². The highest BCUT2D eigenvalue weighted by molar-refractivity contribution is 5.89. The average Bonchev–Trinajstić information content (AvgIpc) is 2.55. The predicted octanol–water partition coefficient (Wildman–Crippen LogP) is 4.23. The molecule has 8 heteroatoms. The van der Waals surface area contributed by atoms with Gasteiger partial charge < -0.3 is 15.4 Å². The molecule has 0 unspecified atom stereocenters. The van der Waals surface area contributed by atoms with E-state index >= 15 is 0 Å². The zero-order valence-corrected chi connectivity index (χ0v) is 13.1. The van der Waals surface area contributed by atoms with Crippen LogP contribution in [-0.4, -0.2) is 18.8 Å². The van der Waals surface area contributed by atoms with Gasteiger partial charge in [0.2, 0.25) is 0 Å². The summed E-state index contributed by atoms with van der Waals surface area (Å²) in [6.45, 7) is -1.27. The number of halogens is 4. The van der Waals surface area contributed by atoms with Crippen LogP contribution in [0.5, 0.6) is 0 Å². The van der Waals surface area contributed by atoms with Crippen LogP contribution >= 0.6 is 0 Å². The summed E-state index contributed by atoms with van der Waals surface area (Å²) in [5, 5.41) is 4.94. The van der Waals surface area contributed by atoms with E-state index in [9.17, 15) is 22.4 Å². The molecule has 134 valence electrons. The van der Waals surface area contributed by atoms with Crippen LogP contribution in [0, 0.1) is 5.82 Å². The van der Waals surface area contributed by atoms with Crippen LogP contribution in [0.4, 0.5) is 28.0 Å². The smallest absolute Gasteiger partial charge is 0.367 e. The molecule has 2 rings (SSSR count). The van der Waals surface area contributed by atoms with E-state index in [1.54, 1.807) is 30.3 Å². The minimum absolute atomic E-state index is 0.0668. The molecule has 2 aromatic rings. The van der Waals surface area contributed by atoms with E-state index in [1.807, 2.05) is 0 Å². The van der Waals surface area contributed by atoms with Gasteiger partial charge in [-0.05, 0) is 23.3 Å². The van der Waals surface area contributed by atoms with Gasteiger partial charge in [0.25, 0.3) is 0 Å². The quantitative estimate of drug-likeness (QED) is 0.761. The lowest BCUT2D eigenvalue weighted by atomic mass is 10.1. The second kappa shape index (κ2) is 8.48. The van der Waals surface area contributed by atoms with Crippen LogP contribution < -0.4 is 10.6 Å². The minimum atomic E-state index is -4.35. The number of hydrogen-bond acceptors (Lipinski definition) is 2. The first-order valence-corrected chi connectivity index (χ1v) is 7.35. The standard InChI is InChI=1S/C17H16F4N2O2/c18-14-3-1-2-4-15(14)23-16(24)22-9-12-5-7-13(8-6-12)10-25-11-17(19,20)21/h1-8H,9-11H2,(H2,22,23,24). The van der Waals surface area contributed by atoms with Gasteiger partial charge in [0, 0.05) is 6.54 Å². The van der Waals surface area contributed by atoms with Crippen LogP contribution in [0.15, 0.2) is 48.5 Å². The molecule has 2 aromatic carbocycles. The lowest BCUT2D eigenvalue weighted by molar-refractivity contribution is -0.176. The number of hydrogen-bond donors (Lipinski definition) is 2. The van der Waals surface area contributed by atoms with Crippen molar-refractivity contribution < 1.29 is 27.1 Å². The highest BCUT2D eigenvalue weighted by Crippen LogP contribution is 2.16. The van der Waals surface area contributed by atoms with Gasteiger partial charge in [-0.1, -0.05) is 36.4 Å². The van der Waals surface area contributed by atoms with E-state index in [2.05, 4.69) is 15.4 Å². The van der Waals surface area contributed by atoms with Crippen LogP contribution in [0.2, 0.25) is 0 Å². The molecule has 0 aliphatic heterocycles. The summed E-state index contributed by atoms with van der Waals surface area (Å²) in [7, 11) is 0. The molecule has 0 aliphatic carbocycles. The van der Waals surface area contributed by atoms with E-state index < -0.39 is 24.6 Å². The lowest BCUT2D eigenvalue weighted by Gasteiger charge is -2.10. The summed E-state index contributed by atoms with van der Waals surface area (Å²) in [6.07, 6.45) is -4.35. The molecule has 0 bridgehead atoms. The second-order valence-corrected chi connectivity index (χ2v) is 5.21. The van der Waals surface area contributed by atoms with Crippen molar-refractivity contribution in [2.45, 2.75) is 19.3 Å². The number of rotatable bonds is 6. The van der Waals surface area contributed by atoms with Crippen molar-refractivity contribution in [2.75, 3.05) is 11.9 Å². The maximum Gasteiger partial charge on any atom is 0.411 e. The molecule has 0 aliphatic rings. The van der Waals surface area contributed by atoms with Gasteiger partial charge in [-0.3, -0.25) is 0 Å². The highest BCUT2D eigenvalue weighted by Gasteiger charge is 2.27. The van der Waals surface area contributed by atoms with Crippen molar-refractivity contribution in [3.05, 3.63) is 65.5 Å². The molecular formula is C17H16F4N2O2. The summed E-state index contributed by atoms with van der Waals surface area (Å²) in [4.78, 5) is 11.7. The molecule has 0 saturated carbocycles. The number of alkyl halides is 3. The molecule has 25 heavy (non-hydrogen) atoms. The number of carbonyl (C=O) groups excluding carboxylic acids is 1. The number of urea groups is 1. The molecule has 2 N–H and O–H groups in total. The Morgan fingerprint density at radius 3 is 2.28 bits per heavy atom. The van der Waals surface area contributed by atoms with Crippen molar-refractivity contribution >= 4 is 11.7 Å². The van der Waals surface area contributed by atoms with Crippen LogP contribution in [0.3, 0.4) is 0 Å². The molecule has 0 fully saturated rings. The van der Waals surface area contributed by atoms with E-state index in [0.29, 0.717) is 5.56 Å². The average molecular weight is 356 g/mol. The molecule has 2 amide bonds. The van der Waals surface area contributed by atoms with Crippen molar-refractivity contribution in [2.24, 2.45) is 0 Å². The molecule has 4 nitrogen and oxygen atoms in total. The van der Waals surface area contributed by atoms with Gasteiger partial charge >= 0.3 is 12.2 Å². The van der Waals surface area contributed by atoms with Crippen molar-refractivity contribution in [3.8, 4) is 0 Å². The summed E-state index contributed by atoms with van der Waals surface area (Å²) in [5.41, 5.74) is 1.39. The topological polar surface area (TPSA) is 50.4 Å². The Labute approximate surface area is 141 Å². The lowest BCUT2D eigenvalue weighted by Crippen LogP contribution is -2.28. The Bertz CT molecular complexity index is 703. The normalized spacial score (nSPS) is 11.2. The maximum atomic E-state index is 13.4. The SMILES string of the molecule is O=C(NCc1ccc(COCC(F)(F)F)cc1)Nc1ccccc1F. The number of benzene rings is 2. The Hall–Kier alpha value is -2.61. The number of amides is 2. The van der Waals surface area contributed by atoms with Crippen molar-refractivity contribution in [1.29, 1.82) is 0 Å². The van der Waals surface area contributed by atoms with E-state index in [0.717, 1.165) is 5.56 Å². The van der Waals surface area contributed by atoms with Crippen LogP contribution in [-0.2, 0) is 17.9 Å². The molecule has 0 radical (unpaired) electrons. The molecule has 0 heterocycles. The van der Waals surface area contributed by atoms with Crippen LogP contribution in [0.1, 0.15) is 11.1 Å². The second-order valence-electron chi connectivity index (χ2n) is 5.21. The number of anilines is 1. The molecule has 0 atom stereocenters. The van der Waals surface area contributed by atoms with Crippen molar-refractivity contribution in [3.63, 3.8) is 0 Å². The fourth-order valence-electron chi connectivity index (χ4n) is 1.95. The number of carbonyl (C=O) groups is 1. The van der Waals surface area contributed by atoms with E-state index in [-0.39, 0.29) is 18.8 Å². The summed E-state index contributed by atoms with van der Waals surface area (Å²) < 4.78 is 53.9. The fourth-order valence-corrected chi connectivity index (χ4v) is 1.95. The van der Waals surface area contributed by atoms with Gasteiger partial charge in [-0.15, -0.1) is 0 Å². The van der Waals surface area contributed by atoms with E-state index in [1.165, 1.54) is 18.2 Å². The fraction of sp³-hybridized carbons (Fsp3) is 0.235. The third kappa shape index (κ3) is 6.80. The van der Waals surface area contributed by atoms with Gasteiger partial charge in [-0.2, -0.15) is 13.2 Å². The number of ether oxygens (including phenoxy) is 1. The zero-order valence-electron chi connectivity index (χ0n) is 13.1. The first-order chi connectivity index (χ1) is 11.8. The Morgan fingerprint density at radius 1 is 1.00 bits per heavy atom. The third-order valence-corrected chi connectivity index (χ3v) is 3.13. The summed E-state index contributed by atoms with van der Waals surface area (Å²) >= 11 is 0. The minimum Gasteiger partial charge on any atom is -0.367 e. The maximum absolute atomic E-state index is 13.4. The largest absolute Gasteiger partial charge is 0.411 e. The number of nitrogens with one attached hydrogen (secondary N) is 2. The third-order valence-electron chi connectivity index (χ3n) is 3.13. The van der Waals surface area contributed by atoms with Crippen molar-refractivity contribution in [1.82, 2.24) is 5.32 Å². The molecule has 0 aromatic heterocycles. The molecular weight excluding hydrogens is 340 g/mol. The zero-order chi connectivity index (χ0) is 18.3. The summed E-state index contributed by atoms with van der Waals surface area (Å²) in [5.74, 6) is -0.541. The molecule has 0 spiro atoms. The highest BCUT2D eigenvalue weighted by atomic mass is 19.4. The van der Waals surface area contributed by atoms with Gasteiger partial charge in [-0.25, -0.2) is 9.18 Å². The first-order valence-electron chi connectivity index (χ1n) is 7.35. The first kappa shape index (κ1) is 18.7. The summed E-state index contributed by atoms with van der Waals surface area (Å²) in [6, 6.07) is 11.8. The number of para-hydroxylation sites is 1. The Kier molecular flexibility index (Phi) is 6.35. The molecule has 0 saturated heterocycles. The van der Waals surface area contributed by atoms with Gasteiger partial charge in [0.1, 0.15) is 12.4 Å². The monoisotopic (exact) mass is 356 g/mol. The van der Waals surface area contributed by atoms with Crippen LogP contribution in [0.25, 0.3) is 0 Å².